The van der Waals surface area contributed by atoms with Crippen LogP contribution in [0, 0.1) is 0 Å². The lowest BCUT2D eigenvalue weighted by atomic mass is 10.0. The fourth-order valence-corrected chi connectivity index (χ4v) is 5.82. The van der Waals surface area contributed by atoms with Gasteiger partial charge >= 0.3 is 0 Å². The highest BCUT2D eigenvalue weighted by Gasteiger charge is 2.19. The van der Waals surface area contributed by atoms with Gasteiger partial charge in [-0.05, 0) is 62.8 Å². The summed E-state index contributed by atoms with van der Waals surface area (Å²) in [6.07, 6.45) is 10.2. The van der Waals surface area contributed by atoms with E-state index in [2.05, 4.69) is 72.1 Å². The van der Waals surface area contributed by atoms with Crippen LogP contribution in [-0.2, 0) is 0 Å². The Bertz CT molecular complexity index is 1590. The summed E-state index contributed by atoms with van der Waals surface area (Å²) in [6, 6.07) is 10.7. The van der Waals surface area contributed by atoms with Crippen LogP contribution >= 0.6 is 0 Å². The Morgan fingerprint density at radius 1 is 0.821 bits per heavy atom. The second-order valence-corrected chi connectivity index (χ2v) is 10.7. The van der Waals surface area contributed by atoms with E-state index in [-0.39, 0.29) is 0 Å². The summed E-state index contributed by atoms with van der Waals surface area (Å²) in [5, 5.41) is 10.2. The quantitative estimate of drug-likeness (QED) is 0.328. The Labute approximate surface area is 227 Å². The normalized spacial score (nSPS) is 17.0. The summed E-state index contributed by atoms with van der Waals surface area (Å²) in [5.41, 5.74) is 7.19. The minimum atomic E-state index is 0.682. The number of rotatable bonds is 7. The highest BCUT2D eigenvalue weighted by Crippen LogP contribution is 2.35. The molecule has 0 aliphatic carbocycles. The molecule has 2 fully saturated rings. The summed E-state index contributed by atoms with van der Waals surface area (Å²) in [6.45, 7) is 8.12. The summed E-state index contributed by atoms with van der Waals surface area (Å²) >= 11 is 0. The van der Waals surface area contributed by atoms with Gasteiger partial charge in [0.25, 0.3) is 0 Å². The number of fused-ring (bicyclic) bond motifs is 2. The van der Waals surface area contributed by atoms with Gasteiger partial charge in [0, 0.05) is 55.3 Å². The number of hydrogen-bond donors (Lipinski definition) is 2. The van der Waals surface area contributed by atoms with Crippen LogP contribution in [0.5, 0.6) is 5.75 Å². The van der Waals surface area contributed by atoms with Gasteiger partial charge in [0.2, 0.25) is 0 Å². The maximum atomic E-state index is 6.06. The van der Waals surface area contributed by atoms with Gasteiger partial charge in [-0.1, -0.05) is 6.07 Å². The zero-order valence-electron chi connectivity index (χ0n) is 22.4. The van der Waals surface area contributed by atoms with E-state index in [4.69, 9.17) is 9.84 Å². The standard InChI is InChI=1S/C30H34N8O/c1-36-8-10-38(11-9-36)29-20-32-19-28-24(29)16-27(33-28)30-25-15-21(4-5-26(25)34-35-30)22-14-23(18-31-17-22)39-13-12-37-6-2-3-7-37/h4-5,14-20,33H,2-3,6-13H2,1H3,(H,34,35). The molecule has 39 heavy (non-hydrogen) atoms. The number of likely N-dealkylation sites (tertiary alicyclic amines) is 1. The number of anilines is 1. The second-order valence-electron chi connectivity index (χ2n) is 10.7. The molecule has 0 bridgehead atoms. The first-order chi connectivity index (χ1) is 19.2. The second kappa shape index (κ2) is 10.3. The Morgan fingerprint density at radius 3 is 2.54 bits per heavy atom. The summed E-state index contributed by atoms with van der Waals surface area (Å²) < 4.78 is 6.06. The molecule has 200 valence electrons. The van der Waals surface area contributed by atoms with Crippen LogP contribution in [0.15, 0.2) is 55.1 Å². The Hall–Kier alpha value is -3.95. The molecule has 0 radical (unpaired) electrons. The molecule has 2 N–H and O–H groups in total. The SMILES string of the molecule is CN1CCN(c2cncc3[nH]c(-c4n[nH]c5ccc(-c6cncc(OCCN7CCCC7)c6)cc45)cc23)CC1. The first-order valence-electron chi connectivity index (χ1n) is 13.9. The number of hydrogen-bond acceptors (Lipinski definition) is 7. The predicted octanol–water partition coefficient (Wildman–Crippen LogP) is 4.39. The number of likely N-dealkylation sites (N-methyl/N-ethyl adjacent to an activating group) is 1. The molecular formula is C30H34N8O. The van der Waals surface area contributed by atoms with Crippen molar-refractivity contribution in [3.05, 3.63) is 55.1 Å². The van der Waals surface area contributed by atoms with Gasteiger partial charge in [0.1, 0.15) is 18.1 Å². The molecule has 5 aromatic rings. The van der Waals surface area contributed by atoms with Crippen molar-refractivity contribution in [3.63, 3.8) is 0 Å². The van der Waals surface area contributed by atoms with Gasteiger partial charge in [-0.25, -0.2) is 0 Å². The van der Waals surface area contributed by atoms with Gasteiger partial charge in [0.15, 0.2) is 0 Å². The van der Waals surface area contributed by atoms with E-state index in [1.807, 2.05) is 18.6 Å². The molecule has 7 rings (SSSR count). The Morgan fingerprint density at radius 2 is 1.67 bits per heavy atom. The number of H-pyrrole nitrogens is 2. The molecule has 0 spiro atoms. The lowest BCUT2D eigenvalue weighted by molar-refractivity contribution is 0.237. The Balaban J connectivity index is 1.17. The summed E-state index contributed by atoms with van der Waals surface area (Å²) in [4.78, 5) is 19.8. The number of nitrogens with one attached hydrogen (secondary N) is 2. The molecule has 9 nitrogen and oxygen atoms in total. The van der Waals surface area contributed by atoms with Crippen LogP contribution in [0.3, 0.4) is 0 Å². The van der Waals surface area contributed by atoms with Crippen molar-refractivity contribution in [2.75, 3.05) is 64.4 Å². The van der Waals surface area contributed by atoms with Crippen LogP contribution < -0.4 is 9.64 Å². The number of aromatic nitrogens is 5. The fraction of sp³-hybridized carbons (Fsp3) is 0.367. The van der Waals surface area contributed by atoms with E-state index < -0.39 is 0 Å². The average molecular weight is 523 g/mol. The van der Waals surface area contributed by atoms with Crippen LogP contribution in [0.2, 0.25) is 0 Å². The van der Waals surface area contributed by atoms with Gasteiger partial charge < -0.3 is 19.5 Å². The lowest BCUT2D eigenvalue weighted by Crippen LogP contribution is -2.44. The molecule has 0 saturated carbocycles. The molecule has 0 unspecified atom stereocenters. The molecule has 6 heterocycles. The van der Waals surface area contributed by atoms with E-state index in [0.717, 1.165) is 77.4 Å². The molecule has 0 atom stereocenters. The zero-order chi connectivity index (χ0) is 26.2. The van der Waals surface area contributed by atoms with E-state index in [1.54, 1.807) is 6.20 Å². The molecular weight excluding hydrogens is 488 g/mol. The van der Waals surface area contributed by atoms with E-state index >= 15 is 0 Å². The van der Waals surface area contributed by atoms with Crippen molar-refractivity contribution in [1.29, 1.82) is 0 Å². The molecule has 2 aliphatic rings. The van der Waals surface area contributed by atoms with Gasteiger partial charge in [-0.2, -0.15) is 5.10 Å². The first-order valence-corrected chi connectivity index (χ1v) is 13.9. The minimum absolute atomic E-state index is 0.682. The zero-order valence-corrected chi connectivity index (χ0v) is 22.4. The number of ether oxygens (including phenoxy) is 1. The topological polar surface area (TPSA) is 89.2 Å². The molecule has 4 aromatic heterocycles. The number of piperazine rings is 1. The van der Waals surface area contributed by atoms with E-state index in [0.29, 0.717) is 6.61 Å². The maximum Gasteiger partial charge on any atom is 0.138 e. The highest BCUT2D eigenvalue weighted by molar-refractivity contribution is 6.00. The van der Waals surface area contributed by atoms with Crippen molar-refractivity contribution in [3.8, 4) is 28.3 Å². The smallest absolute Gasteiger partial charge is 0.138 e. The van der Waals surface area contributed by atoms with Crippen molar-refractivity contribution < 1.29 is 4.74 Å². The van der Waals surface area contributed by atoms with Crippen LogP contribution in [0.25, 0.3) is 44.3 Å². The average Bonchev–Trinajstić information content (AvgIpc) is 3.73. The van der Waals surface area contributed by atoms with Crippen molar-refractivity contribution in [2.24, 2.45) is 0 Å². The third-order valence-corrected chi connectivity index (χ3v) is 8.11. The van der Waals surface area contributed by atoms with Crippen LogP contribution in [0.4, 0.5) is 5.69 Å². The van der Waals surface area contributed by atoms with Crippen molar-refractivity contribution in [1.82, 2.24) is 34.9 Å². The predicted molar refractivity (Wildman–Crippen MR) is 155 cm³/mol. The minimum Gasteiger partial charge on any atom is -0.491 e. The lowest BCUT2D eigenvalue weighted by Gasteiger charge is -2.34. The maximum absolute atomic E-state index is 6.06. The first kappa shape index (κ1) is 24.1. The third kappa shape index (κ3) is 4.84. The fourth-order valence-electron chi connectivity index (χ4n) is 5.82. The molecule has 9 heteroatoms. The van der Waals surface area contributed by atoms with Gasteiger partial charge in [-0.15, -0.1) is 0 Å². The summed E-state index contributed by atoms with van der Waals surface area (Å²) in [7, 11) is 2.18. The number of benzene rings is 1. The van der Waals surface area contributed by atoms with Gasteiger partial charge in [-0.3, -0.25) is 20.0 Å². The number of pyridine rings is 2. The molecule has 2 saturated heterocycles. The van der Waals surface area contributed by atoms with Crippen LogP contribution in [0.1, 0.15) is 12.8 Å². The largest absolute Gasteiger partial charge is 0.491 e. The van der Waals surface area contributed by atoms with E-state index in [1.165, 1.54) is 37.0 Å². The van der Waals surface area contributed by atoms with Crippen molar-refractivity contribution >= 4 is 27.5 Å². The molecule has 2 aliphatic heterocycles. The molecule has 1 aromatic carbocycles. The van der Waals surface area contributed by atoms with Crippen LogP contribution in [-0.4, -0.2) is 94.4 Å². The van der Waals surface area contributed by atoms with Gasteiger partial charge in [0.05, 0.1) is 41.0 Å². The summed E-state index contributed by atoms with van der Waals surface area (Å²) in [5.74, 6) is 0.804. The highest BCUT2D eigenvalue weighted by atomic mass is 16.5. The molecule has 0 amide bonds. The van der Waals surface area contributed by atoms with Crippen molar-refractivity contribution in [2.45, 2.75) is 12.8 Å². The number of aromatic amines is 2. The Kier molecular flexibility index (Phi) is 6.38. The third-order valence-electron chi connectivity index (χ3n) is 8.11. The van der Waals surface area contributed by atoms with E-state index in [9.17, 15) is 0 Å². The monoisotopic (exact) mass is 522 g/mol. The number of nitrogens with zero attached hydrogens (tertiary/aromatic N) is 6.